The highest BCUT2D eigenvalue weighted by atomic mass is 32.2. The lowest BCUT2D eigenvalue weighted by Crippen LogP contribution is -1.86. The molecule has 1 aromatic heterocycles. The summed E-state index contributed by atoms with van der Waals surface area (Å²) in [5.74, 6) is 0. The maximum atomic E-state index is 12.5. The Bertz CT molecular complexity index is 456. The highest BCUT2D eigenvalue weighted by Crippen LogP contribution is 2.26. The second-order valence-corrected chi connectivity index (χ2v) is 3.71. The molecule has 0 aliphatic carbocycles. The number of hydrogen-bond donors (Lipinski definition) is 0. The predicted octanol–water partition coefficient (Wildman–Crippen LogP) is 3.77. The van der Waals surface area contributed by atoms with Gasteiger partial charge in [-0.1, -0.05) is 13.0 Å². The van der Waals surface area contributed by atoms with E-state index in [2.05, 4.69) is 11.9 Å². The Morgan fingerprint density at radius 2 is 2.29 bits per heavy atom. The van der Waals surface area contributed by atoms with Crippen LogP contribution in [0.25, 0.3) is 10.9 Å². The number of hydrogen-bond acceptors (Lipinski definition) is 2. The molecule has 2 aromatic rings. The van der Waals surface area contributed by atoms with Gasteiger partial charge in [0.15, 0.2) is 0 Å². The smallest absolute Gasteiger partial charge is 0.0813 e. The first-order valence-electron chi connectivity index (χ1n) is 4.51. The van der Waals surface area contributed by atoms with Crippen LogP contribution < -0.4 is 0 Å². The first-order valence-corrected chi connectivity index (χ1v) is 5.23. The summed E-state index contributed by atoms with van der Waals surface area (Å²) < 4.78 is 12.5. The topological polar surface area (TPSA) is 12.9 Å². The lowest BCUT2D eigenvalue weighted by atomic mass is 10.1. The van der Waals surface area contributed by atoms with E-state index in [0.29, 0.717) is 4.90 Å². The largest absolute Gasteiger partial charge is 0.256 e. The van der Waals surface area contributed by atoms with Gasteiger partial charge in [-0.25, -0.2) is 0 Å². The highest BCUT2D eigenvalue weighted by Gasteiger charge is 2.03. The van der Waals surface area contributed by atoms with E-state index in [1.807, 2.05) is 18.2 Å². The maximum Gasteiger partial charge on any atom is 0.0813 e. The van der Waals surface area contributed by atoms with E-state index < -0.39 is 0 Å². The summed E-state index contributed by atoms with van der Waals surface area (Å²) in [5, 5.41) is 1.12. The third kappa shape index (κ3) is 1.60. The van der Waals surface area contributed by atoms with Crippen molar-refractivity contribution in [3.05, 3.63) is 36.0 Å². The second-order valence-electron chi connectivity index (χ2n) is 3.08. The number of fused-ring (bicyclic) bond motifs is 1. The summed E-state index contributed by atoms with van der Waals surface area (Å²) >= 11 is 0.273. The van der Waals surface area contributed by atoms with Gasteiger partial charge in [-0.05, 0) is 30.2 Å². The summed E-state index contributed by atoms with van der Waals surface area (Å²) in [6.07, 6.45) is 2.63. The first kappa shape index (κ1) is 9.46. The monoisotopic (exact) mass is 207 g/mol. The average Bonchev–Trinajstić information content (AvgIpc) is 2.27. The molecule has 0 radical (unpaired) electrons. The van der Waals surface area contributed by atoms with Crippen molar-refractivity contribution in [2.45, 2.75) is 18.2 Å². The van der Waals surface area contributed by atoms with E-state index in [1.165, 1.54) is 0 Å². The lowest BCUT2D eigenvalue weighted by molar-refractivity contribution is 0.933. The van der Waals surface area contributed by atoms with Gasteiger partial charge in [0.1, 0.15) is 0 Å². The Hall–Kier alpha value is -1.09. The SMILES string of the molecule is CCc1cc(SF)cc2ncccc12. The van der Waals surface area contributed by atoms with Crippen molar-refractivity contribution in [3.8, 4) is 0 Å². The highest BCUT2D eigenvalue weighted by molar-refractivity contribution is 7.94. The number of pyridine rings is 1. The number of halogens is 1. The molecule has 0 N–H and O–H groups in total. The van der Waals surface area contributed by atoms with Crippen LogP contribution in [0, 0.1) is 0 Å². The molecular weight excluding hydrogens is 197 g/mol. The quantitative estimate of drug-likeness (QED) is 0.743. The normalized spacial score (nSPS) is 10.7. The fraction of sp³-hybridized carbons (Fsp3) is 0.182. The molecule has 3 heteroatoms. The Kier molecular flexibility index (Phi) is 2.68. The molecule has 0 unspecified atom stereocenters. The molecule has 0 fully saturated rings. The summed E-state index contributed by atoms with van der Waals surface area (Å²) in [5.41, 5.74) is 2.02. The van der Waals surface area contributed by atoms with Crippen LogP contribution in [0.5, 0.6) is 0 Å². The summed E-state index contributed by atoms with van der Waals surface area (Å²) in [7, 11) is 0. The van der Waals surface area contributed by atoms with Crippen molar-refractivity contribution in [1.82, 2.24) is 4.98 Å². The van der Waals surface area contributed by atoms with E-state index in [9.17, 15) is 3.89 Å². The van der Waals surface area contributed by atoms with Crippen molar-refractivity contribution in [1.29, 1.82) is 0 Å². The fourth-order valence-corrected chi connectivity index (χ4v) is 1.91. The number of aryl methyl sites for hydroxylation is 1. The number of benzene rings is 1. The second kappa shape index (κ2) is 3.96. The van der Waals surface area contributed by atoms with Gasteiger partial charge in [0.2, 0.25) is 0 Å². The third-order valence-corrected chi connectivity index (χ3v) is 2.66. The van der Waals surface area contributed by atoms with Crippen LogP contribution in [0.4, 0.5) is 3.89 Å². The minimum atomic E-state index is 0.273. The predicted molar refractivity (Wildman–Crippen MR) is 58.1 cm³/mol. The van der Waals surface area contributed by atoms with Gasteiger partial charge < -0.3 is 0 Å². The molecule has 0 atom stereocenters. The molecule has 0 saturated heterocycles. The lowest BCUT2D eigenvalue weighted by Gasteiger charge is -2.04. The summed E-state index contributed by atoms with van der Waals surface area (Å²) in [4.78, 5) is 4.85. The van der Waals surface area contributed by atoms with E-state index in [0.717, 1.165) is 22.9 Å². The minimum absolute atomic E-state index is 0.273. The Balaban J connectivity index is 2.73. The maximum absolute atomic E-state index is 12.5. The van der Waals surface area contributed by atoms with Crippen LogP contribution in [-0.4, -0.2) is 4.98 Å². The van der Waals surface area contributed by atoms with E-state index >= 15 is 0 Å². The van der Waals surface area contributed by atoms with E-state index in [1.54, 1.807) is 12.3 Å². The molecule has 0 spiro atoms. The zero-order valence-corrected chi connectivity index (χ0v) is 8.64. The molecule has 2 rings (SSSR count). The van der Waals surface area contributed by atoms with Crippen LogP contribution in [0.1, 0.15) is 12.5 Å². The molecular formula is C11H10FNS. The summed E-state index contributed by atoms with van der Waals surface area (Å²) in [6.45, 7) is 2.06. The Morgan fingerprint density at radius 3 is 3.00 bits per heavy atom. The molecule has 1 heterocycles. The summed E-state index contributed by atoms with van der Waals surface area (Å²) in [6, 6.07) is 7.59. The van der Waals surface area contributed by atoms with Crippen LogP contribution in [0.3, 0.4) is 0 Å². The Labute approximate surface area is 86.6 Å². The number of aromatic nitrogens is 1. The number of nitrogens with zero attached hydrogens (tertiary/aromatic N) is 1. The average molecular weight is 207 g/mol. The van der Waals surface area contributed by atoms with Crippen molar-refractivity contribution in [2.24, 2.45) is 0 Å². The van der Waals surface area contributed by atoms with Gasteiger partial charge >= 0.3 is 0 Å². The van der Waals surface area contributed by atoms with E-state index in [-0.39, 0.29) is 12.1 Å². The van der Waals surface area contributed by atoms with Gasteiger partial charge in [-0.3, -0.25) is 4.98 Å². The van der Waals surface area contributed by atoms with Crippen LogP contribution in [0.15, 0.2) is 35.4 Å². The van der Waals surface area contributed by atoms with Crippen molar-refractivity contribution < 1.29 is 3.89 Å². The Morgan fingerprint density at radius 1 is 1.43 bits per heavy atom. The van der Waals surface area contributed by atoms with Crippen LogP contribution in [-0.2, 0) is 6.42 Å². The zero-order chi connectivity index (χ0) is 9.97. The van der Waals surface area contributed by atoms with Gasteiger partial charge in [-0.15, -0.1) is 0 Å². The molecule has 0 aliphatic heterocycles. The molecule has 0 aliphatic rings. The van der Waals surface area contributed by atoms with Gasteiger partial charge in [0.05, 0.1) is 17.7 Å². The van der Waals surface area contributed by atoms with Crippen molar-refractivity contribution in [3.63, 3.8) is 0 Å². The molecule has 0 bridgehead atoms. The molecule has 0 saturated carbocycles. The van der Waals surface area contributed by atoms with Crippen molar-refractivity contribution >= 4 is 23.1 Å². The van der Waals surface area contributed by atoms with Gasteiger partial charge in [0, 0.05) is 16.5 Å². The van der Waals surface area contributed by atoms with Gasteiger partial charge in [0.25, 0.3) is 0 Å². The van der Waals surface area contributed by atoms with Crippen LogP contribution in [0.2, 0.25) is 0 Å². The number of rotatable bonds is 2. The standard InChI is InChI=1S/C11H10FNS/c1-2-8-6-9(14-12)7-11-10(8)4-3-5-13-11/h3-7H,2H2,1H3. The molecule has 72 valence electrons. The molecule has 1 aromatic carbocycles. The molecule has 0 amide bonds. The van der Waals surface area contributed by atoms with Crippen molar-refractivity contribution in [2.75, 3.05) is 0 Å². The molecule has 14 heavy (non-hydrogen) atoms. The first-order chi connectivity index (χ1) is 6.85. The third-order valence-electron chi connectivity index (χ3n) is 2.25. The minimum Gasteiger partial charge on any atom is -0.256 e. The van der Waals surface area contributed by atoms with E-state index in [4.69, 9.17) is 0 Å². The molecule has 1 nitrogen and oxygen atoms in total. The van der Waals surface area contributed by atoms with Crippen LogP contribution >= 0.6 is 12.1 Å². The zero-order valence-electron chi connectivity index (χ0n) is 7.83. The van der Waals surface area contributed by atoms with Gasteiger partial charge in [-0.2, -0.15) is 3.89 Å². The fourth-order valence-electron chi connectivity index (χ4n) is 1.57.